The Kier molecular flexibility index (Phi) is 4.92. The molecule has 3 aromatic rings. The normalized spacial score (nSPS) is 17.2. The minimum Gasteiger partial charge on any atom is -0.464 e. The fourth-order valence-corrected chi connectivity index (χ4v) is 3.98. The first-order valence-electron chi connectivity index (χ1n) is 9.38. The highest BCUT2D eigenvalue weighted by atomic mass is 35.5. The summed E-state index contributed by atoms with van der Waals surface area (Å²) in [6.07, 6.45) is 0. The van der Waals surface area contributed by atoms with Gasteiger partial charge < -0.3 is 9.32 Å². The molecule has 148 valence electrons. The SMILES string of the molecule is Cc1ccc([C@H]2C(=O)N(c3c(C)cccc3C)CC(=O)N2c2ccc(Cl)cc2)o1. The molecule has 0 saturated carbocycles. The minimum absolute atomic E-state index is 0.0383. The molecule has 0 unspecified atom stereocenters. The number of anilines is 2. The summed E-state index contributed by atoms with van der Waals surface area (Å²) < 4.78 is 5.79. The molecule has 1 aromatic heterocycles. The van der Waals surface area contributed by atoms with Gasteiger partial charge in [0.05, 0.1) is 5.69 Å². The molecule has 0 N–H and O–H groups in total. The van der Waals surface area contributed by atoms with Crippen molar-refractivity contribution in [1.29, 1.82) is 0 Å². The van der Waals surface area contributed by atoms with E-state index >= 15 is 0 Å². The van der Waals surface area contributed by atoms with Crippen LogP contribution < -0.4 is 9.80 Å². The van der Waals surface area contributed by atoms with Gasteiger partial charge in [0.15, 0.2) is 6.04 Å². The summed E-state index contributed by atoms with van der Waals surface area (Å²) in [4.78, 5) is 30.0. The molecule has 1 saturated heterocycles. The molecule has 1 fully saturated rings. The highest BCUT2D eigenvalue weighted by Gasteiger charge is 2.44. The Hall–Kier alpha value is -3.05. The third kappa shape index (κ3) is 3.42. The zero-order valence-corrected chi connectivity index (χ0v) is 17.2. The summed E-state index contributed by atoms with van der Waals surface area (Å²) in [6, 6.07) is 15.4. The molecule has 0 radical (unpaired) electrons. The van der Waals surface area contributed by atoms with Crippen molar-refractivity contribution in [2.45, 2.75) is 26.8 Å². The van der Waals surface area contributed by atoms with Crippen molar-refractivity contribution in [2.75, 3.05) is 16.3 Å². The van der Waals surface area contributed by atoms with Crippen molar-refractivity contribution in [3.05, 3.63) is 82.3 Å². The van der Waals surface area contributed by atoms with Gasteiger partial charge in [0.1, 0.15) is 18.1 Å². The van der Waals surface area contributed by atoms with E-state index in [9.17, 15) is 9.59 Å². The number of para-hydroxylation sites is 1. The number of piperazine rings is 1. The van der Waals surface area contributed by atoms with Crippen molar-refractivity contribution in [3.8, 4) is 0 Å². The number of benzene rings is 2. The van der Waals surface area contributed by atoms with E-state index in [1.165, 1.54) is 4.90 Å². The van der Waals surface area contributed by atoms with Crippen LogP contribution in [0.25, 0.3) is 0 Å². The van der Waals surface area contributed by atoms with Gasteiger partial charge in [-0.05, 0) is 68.3 Å². The monoisotopic (exact) mass is 408 g/mol. The van der Waals surface area contributed by atoms with E-state index in [0.717, 1.165) is 16.8 Å². The standard InChI is InChI=1S/C23H21ClN2O3/c1-14-5-4-6-15(2)21(14)25-13-20(27)26(18-10-8-17(24)9-11-18)22(23(25)28)19-12-7-16(3)29-19/h4-12,22H,13H2,1-3H3/t22-/m0/s1. The van der Waals surface area contributed by atoms with E-state index in [1.807, 2.05) is 39.0 Å². The van der Waals surface area contributed by atoms with Gasteiger partial charge in [-0.1, -0.05) is 29.8 Å². The van der Waals surface area contributed by atoms with E-state index in [-0.39, 0.29) is 18.4 Å². The van der Waals surface area contributed by atoms with Crippen molar-refractivity contribution < 1.29 is 14.0 Å². The number of aryl methyl sites for hydroxylation is 3. The van der Waals surface area contributed by atoms with Gasteiger partial charge in [-0.15, -0.1) is 0 Å². The summed E-state index contributed by atoms with van der Waals surface area (Å²) >= 11 is 6.01. The first-order valence-corrected chi connectivity index (χ1v) is 9.76. The molecule has 0 spiro atoms. The van der Waals surface area contributed by atoms with Crippen LogP contribution in [0.4, 0.5) is 11.4 Å². The summed E-state index contributed by atoms with van der Waals surface area (Å²) in [5.41, 5.74) is 3.27. The number of hydrogen-bond acceptors (Lipinski definition) is 3. The lowest BCUT2D eigenvalue weighted by atomic mass is 10.0. The number of nitrogens with zero attached hydrogens (tertiary/aromatic N) is 2. The molecule has 1 aliphatic rings. The first kappa shape index (κ1) is 19.3. The van der Waals surface area contributed by atoms with Crippen LogP contribution in [-0.4, -0.2) is 18.4 Å². The summed E-state index contributed by atoms with van der Waals surface area (Å²) in [7, 11) is 0. The molecule has 0 bridgehead atoms. The van der Waals surface area contributed by atoms with Crippen LogP contribution in [0, 0.1) is 20.8 Å². The Morgan fingerprint density at radius 2 is 1.59 bits per heavy atom. The number of furan rings is 1. The topological polar surface area (TPSA) is 53.8 Å². The Morgan fingerprint density at radius 1 is 0.931 bits per heavy atom. The second kappa shape index (κ2) is 7.41. The van der Waals surface area contributed by atoms with Crippen molar-refractivity contribution in [2.24, 2.45) is 0 Å². The van der Waals surface area contributed by atoms with Crippen molar-refractivity contribution in [1.82, 2.24) is 0 Å². The fraction of sp³-hybridized carbons (Fsp3) is 0.217. The average molecular weight is 409 g/mol. The molecule has 0 aliphatic carbocycles. The van der Waals surface area contributed by atoms with Crippen LogP contribution in [0.2, 0.25) is 5.02 Å². The largest absolute Gasteiger partial charge is 0.464 e. The second-order valence-corrected chi connectivity index (χ2v) is 7.69. The third-order valence-corrected chi connectivity index (χ3v) is 5.42. The maximum absolute atomic E-state index is 13.7. The fourth-order valence-electron chi connectivity index (χ4n) is 3.86. The van der Waals surface area contributed by atoms with E-state index in [2.05, 4.69) is 0 Å². The van der Waals surface area contributed by atoms with Crippen LogP contribution in [0.5, 0.6) is 0 Å². The van der Waals surface area contributed by atoms with E-state index in [1.54, 1.807) is 41.3 Å². The molecule has 2 heterocycles. The molecule has 2 aromatic carbocycles. The molecular formula is C23H21ClN2O3. The van der Waals surface area contributed by atoms with Crippen LogP contribution in [0.1, 0.15) is 28.7 Å². The predicted octanol–water partition coefficient (Wildman–Crippen LogP) is 4.98. The van der Waals surface area contributed by atoms with Gasteiger partial charge in [0.25, 0.3) is 5.91 Å². The highest BCUT2D eigenvalue weighted by Crippen LogP contribution is 2.37. The molecular weight excluding hydrogens is 388 g/mol. The first-order chi connectivity index (χ1) is 13.9. The maximum atomic E-state index is 13.7. The zero-order valence-electron chi connectivity index (χ0n) is 16.5. The number of rotatable bonds is 3. The van der Waals surface area contributed by atoms with Gasteiger partial charge in [-0.25, -0.2) is 0 Å². The quantitative estimate of drug-likeness (QED) is 0.614. The molecule has 29 heavy (non-hydrogen) atoms. The van der Waals surface area contributed by atoms with E-state index < -0.39 is 6.04 Å². The van der Waals surface area contributed by atoms with E-state index in [0.29, 0.717) is 22.2 Å². The van der Waals surface area contributed by atoms with Crippen LogP contribution in [0.15, 0.2) is 59.0 Å². The molecule has 1 aliphatic heterocycles. The summed E-state index contributed by atoms with van der Waals surface area (Å²) in [5, 5.41) is 0.562. The highest BCUT2D eigenvalue weighted by molar-refractivity contribution is 6.30. The molecule has 4 rings (SSSR count). The van der Waals surface area contributed by atoms with Gasteiger partial charge >= 0.3 is 0 Å². The van der Waals surface area contributed by atoms with Gasteiger partial charge in [0.2, 0.25) is 5.91 Å². The average Bonchev–Trinajstić information content (AvgIpc) is 3.10. The molecule has 5 nitrogen and oxygen atoms in total. The molecule has 2 amide bonds. The Bertz CT molecular complexity index is 1070. The van der Waals surface area contributed by atoms with E-state index in [4.69, 9.17) is 16.0 Å². The minimum atomic E-state index is -0.884. The number of hydrogen-bond donors (Lipinski definition) is 0. The van der Waals surface area contributed by atoms with Crippen molar-refractivity contribution in [3.63, 3.8) is 0 Å². The van der Waals surface area contributed by atoms with Crippen LogP contribution in [-0.2, 0) is 9.59 Å². The lowest BCUT2D eigenvalue weighted by molar-refractivity contribution is -0.129. The van der Waals surface area contributed by atoms with Gasteiger partial charge in [-0.3, -0.25) is 14.5 Å². The second-order valence-electron chi connectivity index (χ2n) is 7.26. The van der Waals surface area contributed by atoms with Crippen molar-refractivity contribution >= 4 is 34.8 Å². The zero-order chi connectivity index (χ0) is 20.7. The Morgan fingerprint density at radius 3 is 2.17 bits per heavy atom. The summed E-state index contributed by atoms with van der Waals surface area (Å²) in [5.74, 6) is 0.729. The number of carbonyl (C=O) groups excluding carboxylic acids is 2. The Balaban J connectivity index is 1.84. The molecule has 1 atom stereocenters. The number of amides is 2. The Labute approximate surface area is 174 Å². The van der Waals surface area contributed by atoms with Crippen LogP contribution >= 0.6 is 11.6 Å². The number of carbonyl (C=O) groups is 2. The lowest BCUT2D eigenvalue weighted by Crippen LogP contribution is -2.56. The lowest BCUT2D eigenvalue weighted by Gasteiger charge is -2.40. The van der Waals surface area contributed by atoms with Crippen LogP contribution in [0.3, 0.4) is 0 Å². The van der Waals surface area contributed by atoms with Gasteiger partial charge in [-0.2, -0.15) is 0 Å². The third-order valence-electron chi connectivity index (χ3n) is 5.17. The smallest absolute Gasteiger partial charge is 0.258 e. The van der Waals surface area contributed by atoms with Gasteiger partial charge in [0, 0.05) is 10.7 Å². The maximum Gasteiger partial charge on any atom is 0.258 e. The number of halogens is 1. The summed E-state index contributed by atoms with van der Waals surface area (Å²) in [6.45, 7) is 5.66. The predicted molar refractivity (Wildman–Crippen MR) is 113 cm³/mol. The molecule has 6 heteroatoms.